The zero-order valence-electron chi connectivity index (χ0n) is 15.1. The molecule has 0 bridgehead atoms. The molecule has 1 fully saturated rings. The van der Waals surface area contributed by atoms with Gasteiger partial charge >= 0.3 is 0 Å². The average Bonchev–Trinajstić information content (AvgIpc) is 3.12. The van der Waals surface area contributed by atoms with Crippen molar-refractivity contribution in [3.05, 3.63) is 88.9 Å². The summed E-state index contributed by atoms with van der Waals surface area (Å²) in [7, 11) is 0. The molecule has 0 N–H and O–H groups in total. The average molecular weight is 396 g/mol. The summed E-state index contributed by atoms with van der Waals surface area (Å²) in [5.74, 6) is 1.44. The number of rotatable bonds is 5. The van der Waals surface area contributed by atoms with Crippen molar-refractivity contribution < 1.29 is 13.9 Å². The minimum Gasteiger partial charge on any atom is -0.457 e. The first kappa shape index (κ1) is 18.5. The van der Waals surface area contributed by atoms with Crippen molar-refractivity contribution in [3.8, 4) is 11.5 Å². The van der Waals surface area contributed by atoms with Crippen molar-refractivity contribution >= 4 is 23.2 Å². The van der Waals surface area contributed by atoms with Crippen LogP contribution >= 0.6 is 11.6 Å². The lowest BCUT2D eigenvalue weighted by molar-refractivity contribution is -0.117. The van der Waals surface area contributed by atoms with E-state index in [-0.39, 0.29) is 11.9 Å². The van der Waals surface area contributed by atoms with E-state index in [0.717, 1.165) is 17.7 Å². The van der Waals surface area contributed by atoms with E-state index in [2.05, 4.69) is 0 Å². The summed E-state index contributed by atoms with van der Waals surface area (Å²) in [6.07, 6.45) is 1.20. The van der Waals surface area contributed by atoms with E-state index < -0.39 is 6.67 Å². The number of hydrogen-bond donors (Lipinski definition) is 0. The van der Waals surface area contributed by atoms with E-state index in [1.807, 2.05) is 42.5 Å². The molecule has 0 unspecified atom stereocenters. The predicted octanol–water partition coefficient (Wildman–Crippen LogP) is 6.47. The molecule has 1 aliphatic rings. The summed E-state index contributed by atoms with van der Waals surface area (Å²) in [6, 6.07) is 21.9. The molecule has 0 saturated carbocycles. The molecule has 0 aliphatic carbocycles. The Morgan fingerprint density at radius 2 is 1.68 bits per heavy atom. The van der Waals surface area contributed by atoms with Gasteiger partial charge in [-0.15, -0.1) is 0 Å². The van der Waals surface area contributed by atoms with E-state index in [1.165, 1.54) is 0 Å². The number of alkyl halides is 1. The first-order valence-electron chi connectivity index (χ1n) is 9.14. The van der Waals surface area contributed by atoms with Crippen molar-refractivity contribution in [1.82, 2.24) is 0 Å². The minimum absolute atomic E-state index is 0.0713. The Morgan fingerprint density at radius 3 is 2.36 bits per heavy atom. The molecule has 3 aromatic carbocycles. The summed E-state index contributed by atoms with van der Waals surface area (Å²) >= 11 is 5.89. The van der Waals surface area contributed by atoms with Crippen LogP contribution in [0.4, 0.5) is 10.1 Å². The van der Waals surface area contributed by atoms with E-state index in [0.29, 0.717) is 28.5 Å². The van der Waals surface area contributed by atoms with Crippen LogP contribution in [0.1, 0.15) is 30.0 Å². The second kappa shape index (κ2) is 8.03. The molecular weight excluding hydrogens is 377 g/mol. The zero-order valence-corrected chi connectivity index (χ0v) is 15.9. The first-order chi connectivity index (χ1) is 13.6. The summed E-state index contributed by atoms with van der Waals surface area (Å²) in [5.41, 5.74) is 2.40. The van der Waals surface area contributed by atoms with E-state index >= 15 is 0 Å². The van der Waals surface area contributed by atoms with Gasteiger partial charge in [-0.3, -0.25) is 4.79 Å². The van der Waals surface area contributed by atoms with Gasteiger partial charge in [0.2, 0.25) is 5.91 Å². The van der Waals surface area contributed by atoms with Crippen LogP contribution in [0.25, 0.3) is 0 Å². The highest BCUT2D eigenvalue weighted by atomic mass is 35.5. The number of benzene rings is 3. The molecular formula is C23H19ClFNO2. The van der Waals surface area contributed by atoms with Crippen molar-refractivity contribution in [1.29, 1.82) is 0 Å². The lowest BCUT2D eigenvalue weighted by atomic mass is 10.0. The molecule has 1 saturated heterocycles. The number of anilines is 1. The van der Waals surface area contributed by atoms with E-state index in [1.54, 1.807) is 35.2 Å². The van der Waals surface area contributed by atoms with Crippen LogP contribution in [-0.2, 0) is 11.5 Å². The minimum atomic E-state index is -0.509. The van der Waals surface area contributed by atoms with Crippen LogP contribution in [0.5, 0.6) is 11.5 Å². The largest absolute Gasteiger partial charge is 0.457 e. The smallest absolute Gasteiger partial charge is 0.227 e. The van der Waals surface area contributed by atoms with Gasteiger partial charge in [0, 0.05) is 17.1 Å². The molecule has 28 heavy (non-hydrogen) atoms. The summed E-state index contributed by atoms with van der Waals surface area (Å²) in [5, 5.41) is 0.651. The Morgan fingerprint density at radius 1 is 1.00 bits per heavy atom. The van der Waals surface area contributed by atoms with Crippen molar-refractivity contribution in [2.45, 2.75) is 25.6 Å². The number of carbonyl (C=O) groups is 1. The predicted molar refractivity (Wildman–Crippen MR) is 109 cm³/mol. The number of nitrogens with zero attached hydrogens (tertiary/aromatic N) is 1. The molecule has 1 atom stereocenters. The lowest BCUT2D eigenvalue weighted by Gasteiger charge is -2.26. The van der Waals surface area contributed by atoms with Gasteiger partial charge < -0.3 is 9.64 Å². The molecule has 3 aromatic rings. The number of carbonyl (C=O) groups excluding carboxylic acids is 1. The maximum absolute atomic E-state index is 13.0. The van der Waals surface area contributed by atoms with Crippen LogP contribution in [0.15, 0.2) is 72.8 Å². The van der Waals surface area contributed by atoms with Gasteiger partial charge in [-0.1, -0.05) is 35.9 Å². The maximum atomic E-state index is 13.0. The fourth-order valence-corrected chi connectivity index (χ4v) is 3.65. The van der Waals surface area contributed by atoms with Crippen LogP contribution in [0, 0.1) is 0 Å². The summed E-state index contributed by atoms with van der Waals surface area (Å²) in [4.78, 5) is 14.3. The number of ether oxygens (including phenoxy) is 1. The molecule has 0 spiro atoms. The van der Waals surface area contributed by atoms with Gasteiger partial charge in [0.1, 0.15) is 18.2 Å². The lowest BCUT2D eigenvalue weighted by Crippen LogP contribution is -2.27. The third-order valence-electron chi connectivity index (χ3n) is 4.87. The Balaban J connectivity index is 1.56. The molecule has 142 valence electrons. The van der Waals surface area contributed by atoms with Crippen LogP contribution in [0.3, 0.4) is 0 Å². The highest BCUT2D eigenvalue weighted by molar-refractivity contribution is 6.30. The van der Waals surface area contributed by atoms with Crippen molar-refractivity contribution in [3.63, 3.8) is 0 Å². The third kappa shape index (κ3) is 3.87. The standard InChI is InChI=1S/C23H19ClFNO2/c24-18-4-8-20(9-5-18)28-21-10-6-19(7-11-21)26-22(12-13-23(26)27)17-3-1-2-16(14-17)15-25/h1-11,14,22H,12-13,15H2/t22-/m1/s1. The van der Waals surface area contributed by atoms with Crippen LogP contribution in [-0.4, -0.2) is 5.91 Å². The highest BCUT2D eigenvalue weighted by Gasteiger charge is 2.33. The molecule has 1 heterocycles. The SMILES string of the molecule is O=C1CC[C@H](c2cccc(CF)c2)N1c1ccc(Oc2ccc(Cl)cc2)cc1. The van der Waals surface area contributed by atoms with Gasteiger partial charge in [0.15, 0.2) is 0 Å². The third-order valence-corrected chi connectivity index (χ3v) is 5.12. The van der Waals surface area contributed by atoms with Gasteiger partial charge in [-0.2, -0.15) is 0 Å². The first-order valence-corrected chi connectivity index (χ1v) is 9.52. The van der Waals surface area contributed by atoms with E-state index in [4.69, 9.17) is 16.3 Å². The maximum Gasteiger partial charge on any atom is 0.227 e. The quantitative estimate of drug-likeness (QED) is 0.495. The Hall–Kier alpha value is -2.85. The molecule has 1 amide bonds. The second-order valence-electron chi connectivity index (χ2n) is 6.75. The topological polar surface area (TPSA) is 29.5 Å². The zero-order chi connectivity index (χ0) is 19.5. The summed E-state index contributed by atoms with van der Waals surface area (Å²) in [6.45, 7) is -0.509. The summed E-state index contributed by atoms with van der Waals surface area (Å²) < 4.78 is 18.8. The molecule has 0 radical (unpaired) electrons. The van der Waals surface area contributed by atoms with Gasteiger partial charge in [0.05, 0.1) is 6.04 Å². The molecule has 0 aromatic heterocycles. The van der Waals surface area contributed by atoms with Crippen molar-refractivity contribution in [2.75, 3.05) is 4.90 Å². The van der Waals surface area contributed by atoms with Gasteiger partial charge in [0.25, 0.3) is 0 Å². The Kier molecular flexibility index (Phi) is 5.31. The monoisotopic (exact) mass is 395 g/mol. The number of amides is 1. The Bertz CT molecular complexity index is 973. The molecule has 3 nitrogen and oxygen atoms in total. The Labute approximate surface area is 168 Å². The fourth-order valence-electron chi connectivity index (χ4n) is 3.52. The normalized spacial score (nSPS) is 16.4. The number of halogens is 2. The fraction of sp³-hybridized carbons (Fsp3) is 0.174. The molecule has 1 aliphatic heterocycles. The van der Waals surface area contributed by atoms with Crippen molar-refractivity contribution in [2.24, 2.45) is 0 Å². The van der Waals surface area contributed by atoms with Gasteiger partial charge in [-0.25, -0.2) is 4.39 Å². The highest BCUT2D eigenvalue weighted by Crippen LogP contribution is 2.38. The molecule has 5 heteroatoms. The van der Waals surface area contributed by atoms with Crippen LogP contribution in [0.2, 0.25) is 5.02 Å². The van der Waals surface area contributed by atoms with Gasteiger partial charge in [-0.05, 0) is 66.1 Å². The second-order valence-corrected chi connectivity index (χ2v) is 7.18. The number of hydrogen-bond acceptors (Lipinski definition) is 2. The molecule has 4 rings (SSSR count). The van der Waals surface area contributed by atoms with E-state index in [9.17, 15) is 9.18 Å². The van der Waals surface area contributed by atoms with Crippen LogP contribution < -0.4 is 9.64 Å².